The lowest BCUT2D eigenvalue weighted by atomic mass is 10.1. The van der Waals surface area contributed by atoms with Crippen molar-refractivity contribution >= 4 is 11.6 Å². The van der Waals surface area contributed by atoms with Crippen molar-refractivity contribution in [2.24, 2.45) is 0 Å². The molecule has 0 saturated heterocycles. The highest BCUT2D eigenvalue weighted by molar-refractivity contribution is 5.94. The van der Waals surface area contributed by atoms with Gasteiger partial charge in [0, 0.05) is 24.3 Å². The van der Waals surface area contributed by atoms with Crippen molar-refractivity contribution in [2.45, 2.75) is 13.0 Å². The quantitative estimate of drug-likeness (QED) is 0.663. The van der Waals surface area contributed by atoms with E-state index in [9.17, 15) is 9.18 Å². The Morgan fingerprint density at radius 1 is 1.14 bits per heavy atom. The van der Waals surface area contributed by atoms with E-state index in [1.165, 1.54) is 29.2 Å². The summed E-state index contributed by atoms with van der Waals surface area (Å²) in [6, 6.07) is 13.3. The zero-order chi connectivity index (χ0) is 20.5. The highest BCUT2D eigenvalue weighted by atomic mass is 19.1. The first kappa shape index (κ1) is 21.2. The van der Waals surface area contributed by atoms with Gasteiger partial charge in [-0.3, -0.25) is 9.69 Å². The lowest BCUT2D eigenvalue weighted by Gasteiger charge is -2.25. The van der Waals surface area contributed by atoms with Crippen molar-refractivity contribution in [3.05, 3.63) is 53.8 Å². The normalized spacial score (nSPS) is 10.4. The van der Waals surface area contributed by atoms with Crippen LogP contribution in [0.15, 0.2) is 42.5 Å². The molecule has 2 rings (SSSR count). The summed E-state index contributed by atoms with van der Waals surface area (Å²) in [5.41, 5.74) is 1.46. The molecule has 0 aromatic heterocycles. The number of carbonyl (C=O) groups excluding carboxylic acids is 1. The van der Waals surface area contributed by atoms with E-state index in [1.54, 1.807) is 14.2 Å². The van der Waals surface area contributed by atoms with Crippen LogP contribution in [0.2, 0.25) is 0 Å². The van der Waals surface area contributed by atoms with Gasteiger partial charge in [-0.2, -0.15) is 5.26 Å². The molecule has 0 saturated carbocycles. The van der Waals surface area contributed by atoms with Gasteiger partial charge in [-0.25, -0.2) is 4.39 Å². The van der Waals surface area contributed by atoms with Crippen molar-refractivity contribution in [1.82, 2.24) is 4.90 Å². The monoisotopic (exact) mass is 385 g/mol. The zero-order valence-corrected chi connectivity index (χ0v) is 16.3. The third-order valence-corrected chi connectivity index (χ3v) is 4.22. The number of halogens is 1. The number of ether oxygens (including phenoxy) is 2. The number of benzene rings is 2. The molecule has 0 aliphatic heterocycles. The van der Waals surface area contributed by atoms with E-state index in [-0.39, 0.29) is 31.2 Å². The van der Waals surface area contributed by atoms with Crippen molar-refractivity contribution in [3.63, 3.8) is 0 Å². The first-order valence-electron chi connectivity index (χ1n) is 8.81. The smallest absolute Gasteiger partial charge is 0.241 e. The summed E-state index contributed by atoms with van der Waals surface area (Å²) in [6.45, 7) is 0.849. The maximum absolute atomic E-state index is 13.2. The minimum absolute atomic E-state index is 0.128. The van der Waals surface area contributed by atoms with Crippen LogP contribution in [0.25, 0.3) is 0 Å². The molecular formula is C21H24FN3O3. The molecule has 0 N–H and O–H groups in total. The van der Waals surface area contributed by atoms with E-state index in [0.717, 1.165) is 5.56 Å². The third-order valence-electron chi connectivity index (χ3n) is 4.22. The summed E-state index contributed by atoms with van der Waals surface area (Å²) >= 11 is 0. The number of carbonyl (C=O) groups is 1. The van der Waals surface area contributed by atoms with E-state index in [1.807, 2.05) is 36.2 Å². The zero-order valence-electron chi connectivity index (χ0n) is 16.3. The van der Waals surface area contributed by atoms with E-state index in [0.29, 0.717) is 23.7 Å². The molecule has 2 aromatic rings. The van der Waals surface area contributed by atoms with Gasteiger partial charge in [0.05, 0.1) is 33.3 Å². The molecule has 0 radical (unpaired) electrons. The highest BCUT2D eigenvalue weighted by Gasteiger charge is 2.19. The lowest BCUT2D eigenvalue weighted by Crippen LogP contribution is -2.39. The Morgan fingerprint density at radius 3 is 2.46 bits per heavy atom. The largest absolute Gasteiger partial charge is 0.493 e. The molecule has 1 amide bonds. The fourth-order valence-corrected chi connectivity index (χ4v) is 2.92. The molecule has 6 nitrogen and oxygen atoms in total. The van der Waals surface area contributed by atoms with Crippen molar-refractivity contribution in [3.8, 4) is 17.6 Å². The molecule has 0 spiro atoms. The van der Waals surface area contributed by atoms with Crippen LogP contribution >= 0.6 is 0 Å². The molecule has 28 heavy (non-hydrogen) atoms. The van der Waals surface area contributed by atoms with Crippen LogP contribution in [0.3, 0.4) is 0 Å². The van der Waals surface area contributed by atoms with Crippen LogP contribution in [0, 0.1) is 17.1 Å². The van der Waals surface area contributed by atoms with E-state index < -0.39 is 0 Å². The summed E-state index contributed by atoms with van der Waals surface area (Å²) in [7, 11) is 4.97. The molecule has 0 unspecified atom stereocenters. The Kier molecular flexibility index (Phi) is 7.78. The number of nitrogens with zero attached hydrogens (tertiary/aromatic N) is 3. The number of rotatable bonds is 9. The number of methoxy groups -OCH3 is 2. The Bertz CT molecular complexity index is 834. The van der Waals surface area contributed by atoms with Crippen LogP contribution in [0.5, 0.6) is 11.5 Å². The Balaban J connectivity index is 2.12. The summed E-state index contributed by atoms with van der Waals surface area (Å²) in [5.74, 6) is 0.704. The summed E-state index contributed by atoms with van der Waals surface area (Å²) in [4.78, 5) is 16.2. The molecule has 148 valence electrons. The minimum Gasteiger partial charge on any atom is -0.493 e. The van der Waals surface area contributed by atoms with E-state index >= 15 is 0 Å². The van der Waals surface area contributed by atoms with E-state index in [2.05, 4.69) is 0 Å². The van der Waals surface area contributed by atoms with Crippen LogP contribution in [0.1, 0.15) is 12.0 Å². The average molecular weight is 385 g/mol. The fourth-order valence-electron chi connectivity index (χ4n) is 2.92. The minimum atomic E-state index is -0.376. The van der Waals surface area contributed by atoms with Gasteiger partial charge >= 0.3 is 0 Å². The number of anilines is 1. The topological polar surface area (TPSA) is 65.8 Å². The van der Waals surface area contributed by atoms with Gasteiger partial charge in [0.2, 0.25) is 5.91 Å². The predicted octanol–water partition coefficient (Wildman–Crippen LogP) is 3.22. The number of likely N-dealkylation sites (N-methyl/N-ethyl adjacent to an activating group) is 1. The number of hydrogen-bond acceptors (Lipinski definition) is 5. The number of nitriles is 1. The molecule has 0 atom stereocenters. The van der Waals surface area contributed by atoms with Crippen molar-refractivity contribution in [2.75, 3.05) is 39.3 Å². The second kappa shape index (κ2) is 10.3. The van der Waals surface area contributed by atoms with Gasteiger partial charge in [-0.1, -0.05) is 12.1 Å². The molecule has 0 fully saturated rings. The first-order valence-corrected chi connectivity index (χ1v) is 8.81. The fraction of sp³-hybridized carbons (Fsp3) is 0.333. The van der Waals surface area contributed by atoms with Crippen molar-refractivity contribution in [1.29, 1.82) is 5.26 Å². The van der Waals surface area contributed by atoms with Crippen molar-refractivity contribution < 1.29 is 18.7 Å². The summed E-state index contributed by atoms with van der Waals surface area (Å²) < 4.78 is 23.9. The molecular weight excluding hydrogens is 361 g/mol. The lowest BCUT2D eigenvalue weighted by molar-refractivity contribution is -0.119. The van der Waals surface area contributed by atoms with Crippen LogP contribution < -0.4 is 14.4 Å². The van der Waals surface area contributed by atoms with Gasteiger partial charge in [0.1, 0.15) is 5.82 Å². The molecule has 7 heteroatoms. The summed E-state index contributed by atoms with van der Waals surface area (Å²) in [6.07, 6.45) is 0.191. The molecule has 0 heterocycles. The van der Waals surface area contributed by atoms with Gasteiger partial charge < -0.3 is 14.4 Å². The van der Waals surface area contributed by atoms with Gasteiger partial charge in [-0.05, 0) is 37.4 Å². The Morgan fingerprint density at radius 2 is 1.86 bits per heavy atom. The van der Waals surface area contributed by atoms with Gasteiger partial charge in [0.25, 0.3) is 0 Å². The third kappa shape index (κ3) is 5.44. The average Bonchev–Trinajstić information content (AvgIpc) is 2.69. The summed E-state index contributed by atoms with van der Waals surface area (Å²) in [5, 5.41) is 8.89. The predicted molar refractivity (Wildman–Crippen MR) is 105 cm³/mol. The standard InChI is InChI=1S/C21H24FN3O3/c1-24(14-16-6-4-7-19(27-2)21(16)28-3)15-20(26)25(13-5-12-23)18-10-8-17(22)9-11-18/h4,6-11H,5,13-15H2,1-3H3. The molecule has 2 aromatic carbocycles. The maximum Gasteiger partial charge on any atom is 0.241 e. The van der Waals surface area contributed by atoms with Gasteiger partial charge in [0.15, 0.2) is 11.5 Å². The SMILES string of the molecule is COc1cccc(CN(C)CC(=O)N(CCC#N)c2ccc(F)cc2)c1OC. The molecule has 0 aliphatic carbocycles. The maximum atomic E-state index is 13.2. The van der Waals surface area contributed by atoms with Crippen LogP contribution in [-0.2, 0) is 11.3 Å². The van der Waals surface area contributed by atoms with E-state index in [4.69, 9.17) is 14.7 Å². The second-order valence-corrected chi connectivity index (χ2v) is 6.25. The van der Waals surface area contributed by atoms with Crippen LogP contribution in [0.4, 0.5) is 10.1 Å². The number of para-hydroxylation sites is 1. The highest BCUT2D eigenvalue weighted by Crippen LogP contribution is 2.31. The van der Waals surface area contributed by atoms with Gasteiger partial charge in [-0.15, -0.1) is 0 Å². The first-order chi connectivity index (χ1) is 13.5. The number of amides is 1. The Hall–Kier alpha value is -3.11. The molecule has 0 bridgehead atoms. The van der Waals surface area contributed by atoms with Crippen LogP contribution in [-0.4, -0.2) is 45.2 Å². The Labute approximate surface area is 164 Å². The molecule has 0 aliphatic rings. The second-order valence-electron chi connectivity index (χ2n) is 6.25. The number of hydrogen-bond donors (Lipinski definition) is 0.